The molecular weight excluding hydrogens is 376 g/mol. The molecule has 0 amide bonds. The molecule has 8 nitrogen and oxygen atoms in total. The molecule has 1 atom stereocenters. The zero-order valence-electron chi connectivity index (χ0n) is 17.0. The van der Waals surface area contributed by atoms with Crippen molar-refractivity contribution in [1.82, 2.24) is 0 Å². The SMILES string of the molecule is CCC(COCCC[Si](CO)(OC)OC)OCCC[Si](CO)(OC)OC. The van der Waals surface area contributed by atoms with E-state index in [1.54, 1.807) is 28.4 Å². The zero-order valence-corrected chi connectivity index (χ0v) is 19.0. The van der Waals surface area contributed by atoms with E-state index in [0.29, 0.717) is 31.9 Å². The van der Waals surface area contributed by atoms with E-state index < -0.39 is 17.1 Å². The van der Waals surface area contributed by atoms with Crippen molar-refractivity contribution in [2.45, 2.75) is 44.4 Å². The fraction of sp³-hybridized carbons (Fsp3) is 1.00. The van der Waals surface area contributed by atoms with Crippen LogP contribution in [0.2, 0.25) is 12.1 Å². The van der Waals surface area contributed by atoms with E-state index >= 15 is 0 Å². The molecule has 10 heteroatoms. The minimum absolute atomic E-state index is 0.0370. The van der Waals surface area contributed by atoms with Gasteiger partial charge in [0.1, 0.15) is 0 Å². The van der Waals surface area contributed by atoms with Crippen molar-refractivity contribution in [2.24, 2.45) is 0 Å². The third kappa shape index (κ3) is 9.35. The maximum absolute atomic E-state index is 9.43. The summed E-state index contributed by atoms with van der Waals surface area (Å²) in [5.74, 6) is 0. The van der Waals surface area contributed by atoms with Crippen LogP contribution in [0.4, 0.5) is 0 Å². The molecule has 0 aromatic rings. The summed E-state index contributed by atoms with van der Waals surface area (Å²) in [6.45, 7) is 3.75. The van der Waals surface area contributed by atoms with Gasteiger partial charge in [-0.25, -0.2) is 0 Å². The Balaban J connectivity index is 3.96. The van der Waals surface area contributed by atoms with Crippen molar-refractivity contribution in [3.63, 3.8) is 0 Å². The molecule has 1 unspecified atom stereocenters. The van der Waals surface area contributed by atoms with Gasteiger partial charge in [0.2, 0.25) is 0 Å². The molecule has 0 heterocycles. The van der Waals surface area contributed by atoms with Gasteiger partial charge in [-0.2, -0.15) is 0 Å². The Morgan fingerprint density at radius 2 is 1.23 bits per heavy atom. The van der Waals surface area contributed by atoms with E-state index in [4.69, 9.17) is 27.2 Å². The third-order valence-corrected chi connectivity index (χ3v) is 10.8. The normalized spacial score (nSPS) is 14.0. The lowest BCUT2D eigenvalue weighted by molar-refractivity contribution is -0.0185. The highest BCUT2D eigenvalue weighted by Crippen LogP contribution is 2.15. The summed E-state index contributed by atoms with van der Waals surface area (Å²) in [5, 5.41) is 18.8. The number of hydrogen-bond donors (Lipinski definition) is 2. The second-order valence-electron chi connectivity index (χ2n) is 6.14. The smallest absolute Gasteiger partial charge is 0.364 e. The van der Waals surface area contributed by atoms with E-state index in [1.165, 1.54) is 0 Å². The van der Waals surface area contributed by atoms with Crippen molar-refractivity contribution in [2.75, 3.05) is 60.7 Å². The van der Waals surface area contributed by atoms with Gasteiger partial charge in [0.05, 0.1) is 25.2 Å². The van der Waals surface area contributed by atoms with Gasteiger partial charge in [-0.05, 0) is 31.4 Å². The summed E-state index contributed by atoms with van der Waals surface area (Å²) < 4.78 is 33.0. The Morgan fingerprint density at radius 3 is 1.62 bits per heavy atom. The van der Waals surface area contributed by atoms with Gasteiger partial charge in [-0.1, -0.05) is 6.92 Å². The standard InChI is InChI=1S/C16H38O8Si2/c1-6-16(24-10-8-12-26(15-18,21-4)22-5)13-23-9-7-11-25(14-17,19-2)20-3/h16-18H,6-15H2,1-5H3. The Hall–Kier alpha value is 0.114. The number of hydrogen-bond acceptors (Lipinski definition) is 8. The van der Waals surface area contributed by atoms with Crippen LogP contribution in [0.15, 0.2) is 0 Å². The quantitative estimate of drug-likeness (QED) is 0.254. The van der Waals surface area contributed by atoms with Gasteiger partial charge >= 0.3 is 17.1 Å². The molecule has 0 aliphatic rings. The molecule has 0 saturated carbocycles. The number of rotatable bonds is 18. The minimum Gasteiger partial charge on any atom is -0.396 e. The van der Waals surface area contributed by atoms with Crippen LogP contribution >= 0.6 is 0 Å². The van der Waals surface area contributed by atoms with Gasteiger partial charge in [0.15, 0.2) is 0 Å². The molecule has 0 aliphatic heterocycles. The summed E-state index contributed by atoms with van der Waals surface area (Å²) in [6.07, 6.45) is 2.34. The molecule has 0 aromatic heterocycles. The van der Waals surface area contributed by atoms with Crippen LogP contribution in [0.25, 0.3) is 0 Å². The number of ether oxygens (including phenoxy) is 2. The van der Waals surface area contributed by atoms with Gasteiger partial charge in [-0.3, -0.25) is 0 Å². The first-order valence-corrected chi connectivity index (χ1v) is 13.6. The van der Waals surface area contributed by atoms with Crippen LogP contribution in [0.1, 0.15) is 26.2 Å². The highest BCUT2D eigenvalue weighted by molar-refractivity contribution is 6.67. The predicted octanol–water partition coefficient (Wildman–Crippen LogP) is 1.11. The molecular formula is C16H38O8Si2. The number of aliphatic hydroxyl groups is 2. The first-order chi connectivity index (χ1) is 12.5. The highest BCUT2D eigenvalue weighted by atomic mass is 28.4. The van der Waals surface area contributed by atoms with Crippen molar-refractivity contribution >= 4 is 17.1 Å². The highest BCUT2D eigenvalue weighted by Gasteiger charge is 2.35. The molecule has 0 bridgehead atoms. The Bertz CT molecular complexity index is 311. The molecule has 0 aliphatic carbocycles. The first-order valence-electron chi connectivity index (χ1n) is 9.12. The monoisotopic (exact) mass is 414 g/mol. The topological polar surface area (TPSA) is 95.8 Å². The minimum atomic E-state index is -2.46. The van der Waals surface area contributed by atoms with Crippen LogP contribution in [-0.2, 0) is 27.2 Å². The fourth-order valence-corrected chi connectivity index (χ4v) is 5.87. The van der Waals surface area contributed by atoms with Gasteiger partial charge in [0.25, 0.3) is 0 Å². The van der Waals surface area contributed by atoms with Crippen LogP contribution in [-0.4, -0.2) is 94.2 Å². The second-order valence-corrected chi connectivity index (χ2v) is 13.0. The largest absolute Gasteiger partial charge is 0.396 e. The summed E-state index contributed by atoms with van der Waals surface area (Å²) in [4.78, 5) is 0. The van der Waals surface area contributed by atoms with Crippen LogP contribution in [0, 0.1) is 0 Å². The zero-order chi connectivity index (χ0) is 19.9. The average Bonchev–Trinajstić information content (AvgIpc) is 2.70. The summed E-state index contributed by atoms with van der Waals surface area (Å²) in [5.41, 5.74) is 0. The van der Waals surface area contributed by atoms with E-state index in [0.717, 1.165) is 19.3 Å². The molecule has 0 aromatic carbocycles. The maximum atomic E-state index is 9.43. The van der Waals surface area contributed by atoms with Crippen molar-refractivity contribution in [3.05, 3.63) is 0 Å². The Kier molecular flexibility index (Phi) is 15.2. The van der Waals surface area contributed by atoms with Crippen LogP contribution in [0.3, 0.4) is 0 Å². The van der Waals surface area contributed by atoms with Gasteiger partial charge < -0.3 is 37.4 Å². The maximum Gasteiger partial charge on any atom is 0.364 e. The van der Waals surface area contributed by atoms with E-state index in [1.807, 2.05) is 0 Å². The summed E-state index contributed by atoms with van der Waals surface area (Å²) in [7, 11) is 1.40. The lowest BCUT2D eigenvalue weighted by atomic mass is 10.3. The van der Waals surface area contributed by atoms with Crippen molar-refractivity contribution in [1.29, 1.82) is 0 Å². The fourth-order valence-electron chi connectivity index (χ4n) is 2.52. The molecule has 0 spiro atoms. The van der Waals surface area contributed by atoms with Crippen LogP contribution in [0.5, 0.6) is 0 Å². The molecule has 0 rings (SSSR count). The third-order valence-electron chi connectivity index (χ3n) is 4.63. The Labute approximate surface area is 160 Å². The van der Waals surface area contributed by atoms with Gasteiger partial charge in [-0.15, -0.1) is 0 Å². The number of aliphatic hydroxyl groups excluding tert-OH is 2. The average molecular weight is 415 g/mol. The van der Waals surface area contributed by atoms with Gasteiger partial charge in [0, 0.05) is 41.7 Å². The molecule has 158 valence electrons. The molecule has 2 N–H and O–H groups in total. The van der Waals surface area contributed by atoms with E-state index in [2.05, 4.69) is 6.92 Å². The van der Waals surface area contributed by atoms with E-state index in [-0.39, 0.29) is 18.6 Å². The first kappa shape index (κ1) is 26.1. The van der Waals surface area contributed by atoms with E-state index in [9.17, 15) is 10.2 Å². The Morgan fingerprint density at radius 1 is 0.769 bits per heavy atom. The predicted molar refractivity (Wildman–Crippen MR) is 103 cm³/mol. The molecule has 0 radical (unpaired) electrons. The second kappa shape index (κ2) is 15.1. The molecule has 0 saturated heterocycles. The summed E-state index contributed by atoms with van der Waals surface area (Å²) >= 11 is 0. The molecule has 26 heavy (non-hydrogen) atoms. The van der Waals surface area contributed by atoms with Crippen LogP contribution < -0.4 is 0 Å². The lowest BCUT2D eigenvalue weighted by Crippen LogP contribution is -2.44. The molecule has 0 fully saturated rings. The summed E-state index contributed by atoms with van der Waals surface area (Å²) in [6, 6.07) is 1.38. The van der Waals surface area contributed by atoms with Crippen molar-refractivity contribution in [3.8, 4) is 0 Å². The van der Waals surface area contributed by atoms with Crippen molar-refractivity contribution < 1.29 is 37.4 Å². The lowest BCUT2D eigenvalue weighted by Gasteiger charge is -2.25.